The second-order valence-corrected chi connectivity index (χ2v) is 7.80. The Morgan fingerprint density at radius 3 is 2.59 bits per heavy atom. The highest BCUT2D eigenvalue weighted by Crippen LogP contribution is 2.30. The van der Waals surface area contributed by atoms with Gasteiger partial charge in [-0.25, -0.2) is 4.79 Å². The van der Waals surface area contributed by atoms with E-state index in [1.807, 2.05) is 6.92 Å². The number of carbonyl (C=O) groups is 2. The van der Waals surface area contributed by atoms with Crippen LogP contribution in [0.25, 0.3) is 0 Å². The molecule has 0 aromatic heterocycles. The highest BCUT2D eigenvalue weighted by molar-refractivity contribution is 5.82. The van der Waals surface area contributed by atoms with Crippen LogP contribution in [0.5, 0.6) is 0 Å². The molecular weight excluding hydrogens is 352 g/mol. The first-order chi connectivity index (χ1) is 12.6. The Bertz CT molecular complexity index is 526. The molecule has 7 nitrogen and oxygen atoms in total. The Labute approximate surface area is 161 Å². The van der Waals surface area contributed by atoms with E-state index >= 15 is 0 Å². The van der Waals surface area contributed by atoms with Crippen LogP contribution in [0.4, 0.5) is 0 Å². The summed E-state index contributed by atoms with van der Waals surface area (Å²) in [6, 6.07) is 0. The zero-order chi connectivity index (χ0) is 20.6. The van der Waals surface area contributed by atoms with Crippen molar-refractivity contribution in [2.75, 3.05) is 20.8 Å². The van der Waals surface area contributed by atoms with Crippen LogP contribution in [0.3, 0.4) is 0 Å². The summed E-state index contributed by atoms with van der Waals surface area (Å²) in [6.45, 7) is 5.60. The van der Waals surface area contributed by atoms with Crippen molar-refractivity contribution in [1.82, 2.24) is 0 Å². The average molecular weight is 386 g/mol. The maximum absolute atomic E-state index is 11.3. The lowest BCUT2D eigenvalue weighted by atomic mass is 9.83. The molecule has 1 fully saturated rings. The first-order valence-corrected chi connectivity index (χ1v) is 9.48. The first-order valence-electron chi connectivity index (χ1n) is 9.48. The Morgan fingerprint density at radius 2 is 2.04 bits per heavy atom. The van der Waals surface area contributed by atoms with E-state index in [4.69, 9.17) is 9.47 Å². The van der Waals surface area contributed by atoms with Crippen molar-refractivity contribution in [3.8, 4) is 0 Å². The minimum atomic E-state index is -1.33. The molecule has 1 heterocycles. The Kier molecular flexibility index (Phi) is 9.42. The number of carbonyl (C=O) groups excluding carboxylic acids is 2. The standard InChI is InChI=1S/C20H34O7/c1-13(8-6-7-9-16-15(12-25-4)19(23)27-16)11-20(3,24)18(22)14(2)10-17(21)26-5/h10,13,15-16,18,22,24H,6-9,11-12H2,1-5H3/b14-10+. The maximum atomic E-state index is 11.3. The molecule has 27 heavy (non-hydrogen) atoms. The van der Waals surface area contributed by atoms with Crippen molar-refractivity contribution < 1.29 is 34.0 Å². The molecular formula is C20H34O7. The van der Waals surface area contributed by atoms with Gasteiger partial charge in [-0.05, 0) is 44.6 Å². The molecule has 5 atom stereocenters. The van der Waals surface area contributed by atoms with Crippen LogP contribution in [0.1, 0.15) is 52.9 Å². The normalized spacial score (nSPS) is 24.4. The highest BCUT2D eigenvalue weighted by Gasteiger charge is 2.41. The van der Waals surface area contributed by atoms with Crippen LogP contribution >= 0.6 is 0 Å². The van der Waals surface area contributed by atoms with Gasteiger partial charge in [-0.1, -0.05) is 19.8 Å². The van der Waals surface area contributed by atoms with Gasteiger partial charge in [0, 0.05) is 13.2 Å². The quantitative estimate of drug-likeness (QED) is 0.300. The van der Waals surface area contributed by atoms with E-state index in [-0.39, 0.29) is 23.9 Å². The summed E-state index contributed by atoms with van der Waals surface area (Å²) in [5, 5.41) is 21.0. The van der Waals surface area contributed by atoms with Gasteiger partial charge in [0.25, 0.3) is 0 Å². The first kappa shape index (κ1) is 23.6. The van der Waals surface area contributed by atoms with Gasteiger partial charge in [0.05, 0.1) is 19.3 Å². The van der Waals surface area contributed by atoms with Crippen molar-refractivity contribution in [3.63, 3.8) is 0 Å². The Hall–Kier alpha value is -1.44. The SMILES string of the molecule is COCC1C(=O)OC1CCCCC(C)CC(C)(O)C(O)/C(C)=C/C(=O)OC. The van der Waals surface area contributed by atoms with Crippen molar-refractivity contribution in [1.29, 1.82) is 0 Å². The van der Waals surface area contributed by atoms with Crippen molar-refractivity contribution in [2.24, 2.45) is 11.8 Å². The molecule has 2 N–H and O–H groups in total. The van der Waals surface area contributed by atoms with Crippen LogP contribution in [-0.2, 0) is 23.8 Å². The number of aliphatic hydroxyl groups is 2. The second-order valence-electron chi connectivity index (χ2n) is 7.80. The number of hydrogen-bond donors (Lipinski definition) is 2. The molecule has 1 rings (SSSR count). The molecule has 0 amide bonds. The second kappa shape index (κ2) is 10.8. The van der Waals surface area contributed by atoms with E-state index in [1.54, 1.807) is 21.0 Å². The molecule has 1 aliphatic rings. The van der Waals surface area contributed by atoms with Gasteiger partial charge in [0.1, 0.15) is 18.1 Å². The van der Waals surface area contributed by atoms with Gasteiger partial charge in [0.2, 0.25) is 0 Å². The van der Waals surface area contributed by atoms with Crippen LogP contribution < -0.4 is 0 Å². The fraction of sp³-hybridized carbons (Fsp3) is 0.800. The third kappa shape index (κ3) is 7.24. The molecule has 0 aliphatic carbocycles. The molecule has 156 valence electrons. The van der Waals surface area contributed by atoms with E-state index in [0.29, 0.717) is 18.6 Å². The molecule has 0 saturated carbocycles. The molecule has 0 aromatic carbocycles. The molecule has 0 aromatic rings. The lowest BCUT2D eigenvalue weighted by Gasteiger charge is -2.35. The minimum Gasteiger partial charge on any atom is -0.466 e. The number of rotatable bonds is 12. The molecule has 5 unspecified atom stereocenters. The van der Waals surface area contributed by atoms with Gasteiger partial charge in [-0.3, -0.25) is 4.79 Å². The van der Waals surface area contributed by atoms with E-state index < -0.39 is 17.7 Å². The number of aliphatic hydroxyl groups excluding tert-OH is 1. The number of hydrogen-bond acceptors (Lipinski definition) is 7. The number of cyclic esters (lactones) is 1. The van der Waals surface area contributed by atoms with Crippen LogP contribution in [0, 0.1) is 11.8 Å². The van der Waals surface area contributed by atoms with E-state index in [9.17, 15) is 19.8 Å². The number of methoxy groups -OCH3 is 2. The highest BCUT2D eigenvalue weighted by atomic mass is 16.6. The summed E-state index contributed by atoms with van der Waals surface area (Å²) in [5.41, 5.74) is -0.962. The predicted octanol–water partition coefficient (Wildman–Crippen LogP) is 1.99. The topological polar surface area (TPSA) is 102 Å². The lowest BCUT2D eigenvalue weighted by Crippen LogP contribution is -2.47. The molecule has 0 spiro atoms. The summed E-state index contributed by atoms with van der Waals surface area (Å²) >= 11 is 0. The summed E-state index contributed by atoms with van der Waals surface area (Å²) in [4.78, 5) is 22.6. The van der Waals surface area contributed by atoms with Crippen molar-refractivity contribution >= 4 is 11.9 Å². The van der Waals surface area contributed by atoms with Gasteiger partial charge < -0.3 is 24.4 Å². The van der Waals surface area contributed by atoms with Gasteiger partial charge >= 0.3 is 11.9 Å². The van der Waals surface area contributed by atoms with Crippen molar-refractivity contribution in [3.05, 3.63) is 11.6 Å². The smallest absolute Gasteiger partial charge is 0.330 e. The largest absolute Gasteiger partial charge is 0.466 e. The molecule has 1 saturated heterocycles. The Morgan fingerprint density at radius 1 is 1.37 bits per heavy atom. The summed E-state index contributed by atoms with van der Waals surface area (Å²) in [5.74, 6) is -0.693. The molecule has 0 bridgehead atoms. The van der Waals surface area contributed by atoms with Crippen molar-refractivity contribution in [2.45, 2.75) is 70.7 Å². The van der Waals surface area contributed by atoms with Crippen LogP contribution in [0.2, 0.25) is 0 Å². The molecule has 0 radical (unpaired) electrons. The zero-order valence-corrected chi connectivity index (χ0v) is 17.1. The molecule has 1 aliphatic heterocycles. The Balaban J connectivity index is 2.36. The third-order valence-electron chi connectivity index (χ3n) is 5.13. The molecule has 7 heteroatoms. The fourth-order valence-corrected chi connectivity index (χ4v) is 3.58. The summed E-state index contributed by atoms with van der Waals surface area (Å²) < 4.78 is 14.7. The van der Waals surface area contributed by atoms with E-state index in [2.05, 4.69) is 4.74 Å². The van der Waals surface area contributed by atoms with Crippen LogP contribution in [-0.4, -0.2) is 60.8 Å². The van der Waals surface area contributed by atoms with E-state index in [1.165, 1.54) is 13.2 Å². The van der Waals surface area contributed by atoms with Gasteiger partial charge in [0.15, 0.2) is 0 Å². The van der Waals surface area contributed by atoms with Crippen LogP contribution in [0.15, 0.2) is 11.6 Å². The zero-order valence-electron chi connectivity index (χ0n) is 17.1. The lowest BCUT2D eigenvalue weighted by molar-refractivity contribution is -0.190. The third-order valence-corrected chi connectivity index (χ3v) is 5.13. The summed E-state index contributed by atoms with van der Waals surface area (Å²) in [7, 11) is 2.84. The monoisotopic (exact) mass is 386 g/mol. The maximum Gasteiger partial charge on any atom is 0.330 e. The van der Waals surface area contributed by atoms with Gasteiger partial charge in [-0.2, -0.15) is 0 Å². The number of esters is 2. The summed E-state index contributed by atoms with van der Waals surface area (Å²) in [6.07, 6.45) is 3.98. The number of unbranched alkanes of at least 4 members (excludes halogenated alkanes) is 1. The van der Waals surface area contributed by atoms with E-state index in [0.717, 1.165) is 25.7 Å². The fourth-order valence-electron chi connectivity index (χ4n) is 3.58. The average Bonchev–Trinajstić information content (AvgIpc) is 2.60. The number of ether oxygens (including phenoxy) is 3. The predicted molar refractivity (Wildman–Crippen MR) is 99.9 cm³/mol. The minimum absolute atomic E-state index is 0.0520. The van der Waals surface area contributed by atoms with Gasteiger partial charge in [-0.15, -0.1) is 0 Å².